The summed E-state index contributed by atoms with van der Waals surface area (Å²) >= 11 is 0. The lowest BCUT2D eigenvalue weighted by Gasteiger charge is -2.16. The molecule has 0 amide bonds. The number of ether oxygens (including phenoxy) is 3. The lowest BCUT2D eigenvalue weighted by molar-refractivity contribution is -0.140. The van der Waals surface area contributed by atoms with E-state index in [1.807, 2.05) is 38.1 Å². The van der Waals surface area contributed by atoms with Gasteiger partial charge in [0, 0.05) is 13.5 Å². The Morgan fingerprint density at radius 3 is 2.32 bits per heavy atom. The Morgan fingerprint density at radius 1 is 1.00 bits per heavy atom. The van der Waals surface area contributed by atoms with Gasteiger partial charge in [0.15, 0.2) is 5.58 Å². The van der Waals surface area contributed by atoms with Crippen LogP contribution in [-0.4, -0.2) is 37.8 Å². The Kier molecular flexibility index (Phi) is 7.61. The molecule has 1 aromatic heterocycles. The first-order valence-corrected chi connectivity index (χ1v) is 10.9. The Morgan fingerprint density at radius 2 is 1.68 bits per heavy atom. The predicted molar refractivity (Wildman–Crippen MR) is 128 cm³/mol. The lowest BCUT2D eigenvalue weighted by atomic mass is 9.92. The molecule has 8 heteroatoms. The third-order valence-corrected chi connectivity index (χ3v) is 5.75. The minimum atomic E-state index is -0.504. The molecule has 0 bridgehead atoms. The number of carbonyl (C=O) groups excluding carboxylic acids is 2. The molecule has 0 saturated heterocycles. The number of methoxy groups -OCH3 is 3. The van der Waals surface area contributed by atoms with Crippen molar-refractivity contribution < 1.29 is 28.2 Å². The van der Waals surface area contributed by atoms with Gasteiger partial charge in [0.1, 0.15) is 11.3 Å². The highest BCUT2D eigenvalue weighted by Gasteiger charge is 2.20. The fraction of sp³-hybridized carbons (Fsp3) is 0.346. The number of fused-ring (bicyclic) bond motifs is 1. The van der Waals surface area contributed by atoms with Crippen LogP contribution in [0.5, 0.6) is 5.75 Å². The molecule has 0 N–H and O–H groups in total. The maximum atomic E-state index is 12.5. The normalized spacial score (nSPS) is 11.5. The molecule has 0 saturated carbocycles. The average Bonchev–Trinajstić information content (AvgIpc) is 3.11. The number of esters is 2. The molecule has 0 radical (unpaired) electrons. The second-order valence-electron chi connectivity index (χ2n) is 8.02. The first-order chi connectivity index (χ1) is 16.2. The zero-order valence-electron chi connectivity index (χ0n) is 20.3. The van der Waals surface area contributed by atoms with Gasteiger partial charge >= 0.3 is 17.7 Å². The van der Waals surface area contributed by atoms with E-state index in [1.54, 1.807) is 13.1 Å². The molecule has 8 nitrogen and oxygen atoms in total. The third kappa shape index (κ3) is 4.90. The van der Waals surface area contributed by atoms with E-state index in [-0.39, 0.29) is 5.97 Å². The first kappa shape index (κ1) is 24.8. The van der Waals surface area contributed by atoms with Gasteiger partial charge in [-0.2, -0.15) is 0 Å². The Hall–Kier alpha value is -3.81. The van der Waals surface area contributed by atoms with E-state index in [1.165, 1.54) is 25.9 Å². The highest BCUT2D eigenvalue weighted by atomic mass is 16.5. The molecule has 180 valence electrons. The van der Waals surface area contributed by atoms with Gasteiger partial charge in [-0.3, -0.25) is 9.36 Å². The summed E-state index contributed by atoms with van der Waals surface area (Å²) in [6.07, 6.45) is 3.51. The Bertz CT molecular complexity index is 1330. The van der Waals surface area contributed by atoms with Crippen molar-refractivity contribution in [2.24, 2.45) is 7.05 Å². The second-order valence-corrected chi connectivity index (χ2v) is 8.02. The number of oxazole rings is 1. The van der Waals surface area contributed by atoms with E-state index in [0.29, 0.717) is 41.7 Å². The summed E-state index contributed by atoms with van der Waals surface area (Å²) in [4.78, 5) is 36.1. The van der Waals surface area contributed by atoms with Crippen LogP contribution in [0, 0.1) is 13.8 Å². The lowest BCUT2D eigenvalue weighted by Crippen LogP contribution is -2.08. The van der Waals surface area contributed by atoms with Crippen molar-refractivity contribution >= 4 is 28.6 Å². The number of benzene rings is 2. The molecule has 0 spiro atoms. The van der Waals surface area contributed by atoms with Crippen LogP contribution in [-0.2, 0) is 21.3 Å². The highest BCUT2D eigenvalue weighted by Crippen LogP contribution is 2.34. The molecule has 0 unspecified atom stereocenters. The first-order valence-electron chi connectivity index (χ1n) is 10.9. The largest absolute Gasteiger partial charge is 0.496 e. The van der Waals surface area contributed by atoms with Crippen molar-refractivity contribution in [1.82, 2.24) is 4.57 Å². The Balaban J connectivity index is 2.19. The molecular formula is C26H29NO7. The SMILES string of the molecule is COC(=O)CCC/C=C(/c1cc(C)c(OC)c(C(=O)OC)c1)c1cc(C)c2oc(=O)n(C)c2c1. The fourth-order valence-electron chi connectivity index (χ4n) is 4.01. The summed E-state index contributed by atoms with van der Waals surface area (Å²) in [5.74, 6) is -0.763. The van der Waals surface area contributed by atoms with Gasteiger partial charge in [-0.1, -0.05) is 6.08 Å². The standard InChI is InChI=1S/C26H29NO7/c1-15-11-17(13-20(23(15)32-5)25(29)33-6)19(9-7-8-10-22(28)31-4)18-12-16(2)24-21(14-18)27(3)26(30)34-24/h9,11-14H,7-8,10H2,1-6H3/b19-9-. The maximum Gasteiger partial charge on any atom is 0.419 e. The van der Waals surface area contributed by atoms with E-state index in [0.717, 1.165) is 27.8 Å². The van der Waals surface area contributed by atoms with E-state index < -0.39 is 11.7 Å². The number of carbonyl (C=O) groups is 2. The highest BCUT2D eigenvalue weighted by molar-refractivity contribution is 5.96. The summed E-state index contributed by atoms with van der Waals surface area (Å²) in [6, 6.07) is 7.49. The van der Waals surface area contributed by atoms with Crippen LogP contribution >= 0.6 is 0 Å². The second kappa shape index (κ2) is 10.4. The van der Waals surface area contributed by atoms with Crippen LogP contribution in [0.3, 0.4) is 0 Å². The summed E-state index contributed by atoms with van der Waals surface area (Å²) < 4.78 is 22.0. The number of allylic oxidation sites excluding steroid dienone is 1. The van der Waals surface area contributed by atoms with Crippen LogP contribution in [0.25, 0.3) is 16.7 Å². The van der Waals surface area contributed by atoms with Crippen molar-refractivity contribution in [3.8, 4) is 5.75 Å². The van der Waals surface area contributed by atoms with E-state index >= 15 is 0 Å². The number of aryl methyl sites for hydroxylation is 3. The molecule has 0 atom stereocenters. The number of hydrogen-bond acceptors (Lipinski definition) is 7. The molecule has 3 rings (SSSR count). The molecule has 1 heterocycles. The third-order valence-electron chi connectivity index (χ3n) is 5.75. The van der Waals surface area contributed by atoms with Crippen LogP contribution in [0.15, 0.2) is 39.6 Å². The van der Waals surface area contributed by atoms with Gasteiger partial charge in [-0.15, -0.1) is 0 Å². The van der Waals surface area contributed by atoms with Gasteiger partial charge in [0.05, 0.1) is 26.8 Å². The van der Waals surface area contributed by atoms with Crippen LogP contribution in [0.4, 0.5) is 0 Å². The molecule has 34 heavy (non-hydrogen) atoms. The molecule has 3 aromatic rings. The summed E-state index contributed by atoms with van der Waals surface area (Å²) in [5, 5.41) is 0. The number of rotatable bonds is 8. The smallest absolute Gasteiger partial charge is 0.419 e. The van der Waals surface area contributed by atoms with E-state index in [4.69, 9.17) is 18.6 Å². The summed E-state index contributed by atoms with van der Waals surface area (Å²) in [7, 11) is 5.86. The van der Waals surface area contributed by atoms with Crippen molar-refractivity contribution in [1.29, 1.82) is 0 Å². The molecule has 0 fully saturated rings. The molecule has 2 aromatic carbocycles. The van der Waals surface area contributed by atoms with Gasteiger partial charge in [-0.05, 0) is 78.8 Å². The monoisotopic (exact) mass is 467 g/mol. The Labute approximate surface area is 197 Å². The summed E-state index contributed by atoms with van der Waals surface area (Å²) in [6.45, 7) is 3.74. The van der Waals surface area contributed by atoms with Crippen LogP contribution in [0.2, 0.25) is 0 Å². The maximum absolute atomic E-state index is 12.5. The molecule has 0 aliphatic carbocycles. The number of unbranched alkanes of at least 4 members (excludes halogenated alkanes) is 1. The van der Waals surface area contributed by atoms with E-state index in [9.17, 15) is 14.4 Å². The average molecular weight is 468 g/mol. The van der Waals surface area contributed by atoms with Crippen molar-refractivity contribution in [2.45, 2.75) is 33.1 Å². The summed E-state index contributed by atoms with van der Waals surface area (Å²) in [5.41, 5.74) is 5.57. The quantitative estimate of drug-likeness (QED) is 0.359. The van der Waals surface area contributed by atoms with Crippen LogP contribution in [0.1, 0.15) is 51.9 Å². The van der Waals surface area contributed by atoms with Gasteiger partial charge in [-0.25, -0.2) is 9.59 Å². The van der Waals surface area contributed by atoms with Crippen molar-refractivity contribution in [3.05, 3.63) is 68.7 Å². The van der Waals surface area contributed by atoms with Crippen LogP contribution < -0.4 is 10.5 Å². The topological polar surface area (TPSA) is 97.0 Å². The van der Waals surface area contributed by atoms with Gasteiger partial charge in [0.25, 0.3) is 0 Å². The predicted octanol–water partition coefficient (Wildman–Crippen LogP) is 4.32. The van der Waals surface area contributed by atoms with Crippen molar-refractivity contribution in [2.75, 3.05) is 21.3 Å². The minimum Gasteiger partial charge on any atom is -0.496 e. The van der Waals surface area contributed by atoms with E-state index in [2.05, 4.69) is 0 Å². The minimum absolute atomic E-state index is 0.270. The number of hydrogen-bond donors (Lipinski definition) is 0. The number of nitrogens with zero attached hydrogens (tertiary/aromatic N) is 1. The van der Waals surface area contributed by atoms with Gasteiger partial charge in [0.2, 0.25) is 0 Å². The zero-order chi connectivity index (χ0) is 25.0. The zero-order valence-corrected chi connectivity index (χ0v) is 20.3. The fourth-order valence-corrected chi connectivity index (χ4v) is 4.01. The molecular weight excluding hydrogens is 438 g/mol. The van der Waals surface area contributed by atoms with Gasteiger partial charge < -0.3 is 18.6 Å². The molecule has 0 aliphatic heterocycles. The number of aromatic nitrogens is 1. The molecule has 0 aliphatic rings. The van der Waals surface area contributed by atoms with Crippen molar-refractivity contribution in [3.63, 3.8) is 0 Å².